The van der Waals surface area contributed by atoms with Gasteiger partial charge in [0.25, 0.3) is 10.1 Å². The van der Waals surface area contributed by atoms with Crippen LogP contribution in [0.3, 0.4) is 0 Å². The molecule has 1 heterocycles. The Morgan fingerprint density at radius 3 is 1.67 bits per heavy atom. The Morgan fingerprint density at radius 2 is 1.14 bits per heavy atom. The molecule has 332 valence electrons. The Kier molecular flexibility index (Phi) is 32.2. The average molecular weight is 831 g/mol. The van der Waals surface area contributed by atoms with E-state index in [9.17, 15) is 37.9 Å². The summed E-state index contributed by atoms with van der Waals surface area (Å²) in [4.78, 5) is 25.4. The molecular weight excluding hydrogens is 753 g/mol. The van der Waals surface area contributed by atoms with Gasteiger partial charge in [-0.15, -0.1) is 6.58 Å². The molecule has 12 nitrogen and oxygen atoms in total. The molecule has 0 aromatic carbocycles. The normalized spacial score (nSPS) is 20.6. The highest BCUT2D eigenvalue weighted by Crippen LogP contribution is 2.24. The van der Waals surface area contributed by atoms with Crippen molar-refractivity contribution < 1.29 is 56.8 Å². The van der Waals surface area contributed by atoms with Gasteiger partial charge in [-0.05, 0) is 51.4 Å². The summed E-state index contributed by atoms with van der Waals surface area (Å²) in [6.45, 7) is 5.22. The van der Waals surface area contributed by atoms with Gasteiger partial charge in [0.05, 0.1) is 6.61 Å². The van der Waals surface area contributed by atoms with Crippen LogP contribution in [0.5, 0.6) is 0 Å². The molecule has 6 atom stereocenters. The van der Waals surface area contributed by atoms with Gasteiger partial charge in [0.15, 0.2) is 12.4 Å². The molecule has 0 aliphatic carbocycles. The van der Waals surface area contributed by atoms with Gasteiger partial charge in [-0.3, -0.25) is 14.1 Å². The van der Waals surface area contributed by atoms with Crippen LogP contribution in [0.2, 0.25) is 0 Å². The highest BCUT2D eigenvalue weighted by atomic mass is 32.2. The fraction of sp³-hybridized carbons (Fsp3) is 0.818. The fourth-order valence-corrected chi connectivity index (χ4v) is 7.30. The molecule has 0 bridgehead atoms. The molecule has 1 fully saturated rings. The molecular formula is C44H78O12S. The molecule has 1 aliphatic rings. The molecule has 2 unspecified atom stereocenters. The van der Waals surface area contributed by atoms with Crippen molar-refractivity contribution >= 4 is 22.1 Å². The lowest BCUT2D eigenvalue weighted by molar-refractivity contribution is -0.297. The van der Waals surface area contributed by atoms with Crippen molar-refractivity contribution in [1.29, 1.82) is 0 Å². The van der Waals surface area contributed by atoms with E-state index in [0.29, 0.717) is 12.8 Å². The van der Waals surface area contributed by atoms with E-state index in [0.717, 1.165) is 70.6 Å². The van der Waals surface area contributed by atoms with Crippen molar-refractivity contribution in [3.63, 3.8) is 0 Å². The van der Waals surface area contributed by atoms with Crippen LogP contribution >= 0.6 is 0 Å². The second-order valence-electron chi connectivity index (χ2n) is 15.4. The van der Waals surface area contributed by atoms with Crippen molar-refractivity contribution in [1.82, 2.24) is 0 Å². The summed E-state index contributed by atoms with van der Waals surface area (Å²) < 4.78 is 54.0. The quantitative estimate of drug-likeness (QED) is 0.0203. The van der Waals surface area contributed by atoms with Gasteiger partial charge in [-0.25, -0.2) is 0 Å². The first-order valence-electron chi connectivity index (χ1n) is 22.0. The monoisotopic (exact) mass is 831 g/mol. The third-order valence-corrected chi connectivity index (χ3v) is 10.8. The van der Waals surface area contributed by atoms with Crippen molar-refractivity contribution in [3.05, 3.63) is 37.0 Å². The summed E-state index contributed by atoms with van der Waals surface area (Å²) >= 11 is 0. The maximum absolute atomic E-state index is 12.8. The lowest BCUT2D eigenvalue weighted by atomic mass is 10.00. The van der Waals surface area contributed by atoms with E-state index in [1.54, 1.807) is 0 Å². The molecule has 1 saturated heterocycles. The summed E-state index contributed by atoms with van der Waals surface area (Å²) in [5, 5.41) is 30.8. The van der Waals surface area contributed by atoms with E-state index >= 15 is 0 Å². The highest BCUT2D eigenvalue weighted by Gasteiger charge is 2.46. The van der Waals surface area contributed by atoms with Crippen molar-refractivity contribution in [2.24, 2.45) is 0 Å². The Morgan fingerprint density at radius 1 is 0.649 bits per heavy atom. The second-order valence-corrected chi connectivity index (χ2v) is 16.9. The summed E-state index contributed by atoms with van der Waals surface area (Å²) in [5.74, 6) is -2.00. The number of carbonyl (C=O) groups is 2. The summed E-state index contributed by atoms with van der Waals surface area (Å²) in [6, 6.07) is 0. The van der Waals surface area contributed by atoms with Crippen LogP contribution in [-0.4, -0.2) is 96.0 Å². The molecule has 0 spiro atoms. The SMILES string of the molecule is C=CCCCCCCCCCCCCCCCC(=O)OC[C@H](CO[C@H]1O[C@H](CS(=O)(=O)O)[C@@H](O)C(O)C1O)OC(=O)CCCCCCC/C=C/C/C=C/CCCC. The first-order valence-corrected chi connectivity index (χ1v) is 23.6. The zero-order valence-corrected chi connectivity index (χ0v) is 35.8. The number of ether oxygens (including phenoxy) is 4. The largest absolute Gasteiger partial charge is 0.462 e. The van der Waals surface area contributed by atoms with E-state index in [-0.39, 0.29) is 19.4 Å². The Labute approximate surface area is 344 Å². The third-order valence-electron chi connectivity index (χ3n) is 10.1. The standard InChI is InChI=1S/C44H78O12S/c1-3-5-7-9-11-13-15-17-19-21-22-24-26-28-30-32-39(45)53-34-37(35-54-44-43(49)42(48)41(47)38(56-44)36-57(50,51)52)55-40(46)33-31-29-27-25-23-20-18-16-14-12-10-8-6-4-2/h3,10,12,16,18,37-38,41-44,47-49H,1,4-9,11,13-15,17,19-36H2,2H3,(H,50,51,52)/b12-10+,18-16+/t37-,38-,41-,42?,43?,44+/m1/s1. The molecule has 0 saturated carbocycles. The number of aliphatic hydroxyl groups excluding tert-OH is 3. The first kappa shape index (κ1) is 52.9. The Hall–Kier alpha value is -2.13. The first-order chi connectivity index (χ1) is 27.5. The summed E-state index contributed by atoms with van der Waals surface area (Å²) in [6.07, 6.45) is 27.9. The minimum atomic E-state index is -4.60. The van der Waals surface area contributed by atoms with Gasteiger partial charge in [-0.2, -0.15) is 8.42 Å². The van der Waals surface area contributed by atoms with Crippen LogP contribution in [0, 0.1) is 0 Å². The van der Waals surface area contributed by atoms with E-state index in [1.807, 2.05) is 6.08 Å². The number of hydrogen-bond acceptors (Lipinski definition) is 11. The maximum atomic E-state index is 12.8. The van der Waals surface area contributed by atoms with E-state index in [4.69, 9.17) is 18.9 Å². The molecule has 57 heavy (non-hydrogen) atoms. The van der Waals surface area contributed by atoms with E-state index in [2.05, 4.69) is 37.8 Å². The smallest absolute Gasteiger partial charge is 0.306 e. The lowest BCUT2D eigenvalue weighted by Gasteiger charge is -2.40. The van der Waals surface area contributed by atoms with Crippen LogP contribution in [0.1, 0.15) is 174 Å². The van der Waals surface area contributed by atoms with Crippen molar-refractivity contribution in [3.8, 4) is 0 Å². The van der Waals surface area contributed by atoms with Gasteiger partial charge >= 0.3 is 11.9 Å². The van der Waals surface area contributed by atoms with Gasteiger partial charge in [-0.1, -0.05) is 140 Å². The maximum Gasteiger partial charge on any atom is 0.306 e. The third kappa shape index (κ3) is 29.7. The molecule has 1 aliphatic heterocycles. The number of hydrogen-bond donors (Lipinski definition) is 4. The lowest BCUT2D eigenvalue weighted by Crippen LogP contribution is -2.60. The van der Waals surface area contributed by atoms with Crippen LogP contribution in [0.15, 0.2) is 37.0 Å². The fourth-order valence-electron chi connectivity index (χ4n) is 6.61. The molecule has 0 aromatic heterocycles. The second kappa shape index (κ2) is 34.7. The molecule has 0 amide bonds. The van der Waals surface area contributed by atoms with Crippen molar-refractivity contribution in [2.45, 2.75) is 211 Å². The van der Waals surface area contributed by atoms with E-state index < -0.39 is 71.2 Å². The number of carbonyl (C=O) groups excluding carboxylic acids is 2. The summed E-state index contributed by atoms with van der Waals surface area (Å²) in [7, 11) is -4.60. The zero-order chi connectivity index (χ0) is 42.0. The molecule has 13 heteroatoms. The highest BCUT2D eigenvalue weighted by molar-refractivity contribution is 7.85. The predicted molar refractivity (Wildman–Crippen MR) is 224 cm³/mol. The molecule has 0 radical (unpaired) electrons. The molecule has 0 aromatic rings. The van der Waals surface area contributed by atoms with Crippen molar-refractivity contribution in [2.75, 3.05) is 19.0 Å². The van der Waals surface area contributed by atoms with Gasteiger partial charge in [0.2, 0.25) is 0 Å². The predicted octanol–water partition coefficient (Wildman–Crippen LogP) is 8.61. The number of unbranched alkanes of at least 4 members (excludes halogenated alkanes) is 20. The van der Waals surface area contributed by atoms with Gasteiger partial charge in [0.1, 0.15) is 36.8 Å². The Balaban J connectivity index is 2.46. The minimum absolute atomic E-state index is 0.148. The number of rotatable bonds is 37. The molecule has 4 N–H and O–H groups in total. The summed E-state index contributed by atoms with van der Waals surface area (Å²) in [5.41, 5.74) is 0. The number of esters is 2. The van der Waals surface area contributed by atoms with E-state index in [1.165, 1.54) is 70.6 Å². The topological polar surface area (TPSA) is 186 Å². The van der Waals surface area contributed by atoms with Crippen LogP contribution in [-0.2, 0) is 38.7 Å². The van der Waals surface area contributed by atoms with Crippen LogP contribution < -0.4 is 0 Å². The van der Waals surface area contributed by atoms with Gasteiger partial charge in [0, 0.05) is 12.8 Å². The van der Waals surface area contributed by atoms with Crippen LogP contribution in [0.4, 0.5) is 0 Å². The Bertz CT molecular complexity index is 1190. The number of allylic oxidation sites excluding steroid dienone is 5. The van der Waals surface area contributed by atoms with Crippen LogP contribution in [0.25, 0.3) is 0 Å². The zero-order valence-electron chi connectivity index (χ0n) is 35.0. The molecule has 1 rings (SSSR count). The number of aliphatic hydroxyl groups is 3. The minimum Gasteiger partial charge on any atom is -0.462 e. The van der Waals surface area contributed by atoms with Gasteiger partial charge < -0.3 is 34.3 Å². The average Bonchev–Trinajstić information content (AvgIpc) is 3.17.